The zero-order valence-electron chi connectivity index (χ0n) is 9.01. The molecule has 0 bridgehead atoms. The van der Waals surface area contributed by atoms with E-state index in [1.165, 1.54) is 16.5 Å². The molecule has 82 valence electrons. The number of hydrogen-bond acceptors (Lipinski definition) is 0. The summed E-state index contributed by atoms with van der Waals surface area (Å²) in [6.45, 7) is 0. The molecule has 0 saturated heterocycles. The molecule has 2 atom stereocenters. The van der Waals surface area contributed by atoms with Gasteiger partial charge in [0.25, 0.3) is 0 Å². The van der Waals surface area contributed by atoms with Crippen molar-refractivity contribution in [3.63, 3.8) is 0 Å². The Morgan fingerprint density at radius 1 is 0.812 bits per heavy atom. The predicted octanol–water partition coefficient (Wildman–Crippen LogP) is 3.55. The third-order valence-corrected chi connectivity index (χ3v) is 7.87. The van der Waals surface area contributed by atoms with Crippen LogP contribution in [0.3, 0.4) is 0 Å². The molecule has 0 nitrogen and oxygen atoms in total. The molecule has 0 amide bonds. The molecule has 2 aromatic carbocycles. The molecule has 0 spiro atoms. The lowest BCUT2D eigenvalue weighted by Crippen LogP contribution is -2.11. The quantitative estimate of drug-likeness (QED) is 0.741. The average molecular weight is 264 g/mol. The van der Waals surface area contributed by atoms with Gasteiger partial charge in [-0.15, -0.1) is 8.93 Å². The maximum absolute atomic E-state index is 2.87. The van der Waals surface area contributed by atoms with E-state index in [9.17, 15) is 0 Å². The van der Waals surface area contributed by atoms with Gasteiger partial charge in [-0.3, -0.25) is 0 Å². The minimum atomic E-state index is -0.159. The van der Waals surface area contributed by atoms with E-state index in [2.05, 4.69) is 69.6 Å². The normalized spacial score (nSPS) is 11.4. The summed E-state index contributed by atoms with van der Waals surface area (Å²) in [5.41, 5.74) is 0. The van der Waals surface area contributed by atoms with Crippen molar-refractivity contribution in [1.29, 1.82) is 0 Å². The van der Waals surface area contributed by atoms with Crippen molar-refractivity contribution in [3.8, 4) is 0 Å². The second-order valence-corrected chi connectivity index (χ2v) is 8.25. The molecule has 0 radical (unpaired) electrons. The molecular formula is C13H15P3. The Kier molecular flexibility index (Phi) is 4.92. The van der Waals surface area contributed by atoms with Gasteiger partial charge in [-0.25, -0.2) is 0 Å². The van der Waals surface area contributed by atoms with Crippen molar-refractivity contribution in [1.82, 2.24) is 0 Å². The van der Waals surface area contributed by atoms with E-state index >= 15 is 0 Å². The van der Waals surface area contributed by atoms with Gasteiger partial charge in [0.05, 0.1) is 0 Å². The van der Waals surface area contributed by atoms with Gasteiger partial charge in [-0.2, -0.15) is 0 Å². The van der Waals surface area contributed by atoms with Gasteiger partial charge in [-0.1, -0.05) is 68.9 Å². The molecule has 0 aliphatic carbocycles. The first-order valence-corrected chi connectivity index (χ1v) is 9.77. The summed E-state index contributed by atoms with van der Waals surface area (Å²) in [5, 5.41) is 2.97. The Bertz CT molecular complexity index is 374. The summed E-state index contributed by atoms with van der Waals surface area (Å²) >= 11 is 0. The Hall–Kier alpha value is -0.270. The second kappa shape index (κ2) is 6.46. The van der Waals surface area contributed by atoms with Crippen LogP contribution in [0.4, 0.5) is 0 Å². The van der Waals surface area contributed by atoms with Crippen LogP contribution < -0.4 is 10.6 Å². The minimum Gasteiger partial charge on any atom is -0.114 e. The summed E-state index contributed by atoms with van der Waals surface area (Å²) in [4.78, 5) is 0. The standard InChI is InChI=1S/C13H15P3/c14-15-11-16(12-7-3-1-4-8-12)13-9-5-2-6-10-13/h1-10,15H,11,14H2. The first kappa shape index (κ1) is 12.2. The Morgan fingerprint density at radius 3 is 1.62 bits per heavy atom. The lowest BCUT2D eigenvalue weighted by atomic mass is 10.4. The summed E-state index contributed by atoms with van der Waals surface area (Å²) in [6, 6.07) is 21.7. The molecule has 0 aliphatic rings. The SMILES string of the molecule is PPCP(c1ccccc1)c1ccccc1. The summed E-state index contributed by atoms with van der Waals surface area (Å²) < 4.78 is 0. The van der Waals surface area contributed by atoms with Crippen molar-refractivity contribution < 1.29 is 0 Å². The van der Waals surface area contributed by atoms with Gasteiger partial charge in [-0.05, 0) is 24.4 Å². The maximum Gasteiger partial charge on any atom is -0.00332 e. The smallest absolute Gasteiger partial charge is 0.00332 e. The fourth-order valence-corrected chi connectivity index (χ4v) is 6.84. The van der Waals surface area contributed by atoms with Crippen LogP contribution in [-0.2, 0) is 0 Å². The molecule has 16 heavy (non-hydrogen) atoms. The van der Waals surface area contributed by atoms with E-state index in [-0.39, 0.29) is 7.92 Å². The highest BCUT2D eigenvalue weighted by atomic mass is 32.0. The van der Waals surface area contributed by atoms with Crippen molar-refractivity contribution in [2.24, 2.45) is 0 Å². The summed E-state index contributed by atoms with van der Waals surface area (Å²) in [5.74, 6) is 1.27. The lowest BCUT2D eigenvalue weighted by Gasteiger charge is -2.17. The molecule has 0 aromatic heterocycles. The monoisotopic (exact) mass is 264 g/mol. The van der Waals surface area contributed by atoms with Gasteiger partial charge in [0.15, 0.2) is 0 Å². The fourth-order valence-electron chi connectivity index (χ4n) is 1.64. The summed E-state index contributed by atoms with van der Waals surface area (Å²) in [6.07, 6.45) is 0. The van der Waals surface area contributed by atoms with Crippen LogP contribution in [0, 0.1) is 0 Å². The van der Waals surface area contributed by atoms with Crippen LogP contribution in [-0.4, -0.2) is 5.90 Å². The number of benzene rings is 2. The van der Waals surface area contributed by atoms with E-state index in [0.29, 0.717) is 0 Å². The van der Waals surface area contributed by atoms with Crippen molar-refractivity contribution in [3.05, 3.63) is 60.7 Å². The van der Waals surface area contributed by atoms with Crippen LogP contribution >= 0.6 is 25.1 Å². The maximum atomic E-state index is 2.87. The molecule has 0 aliphatic heterocycles. The highest BCUT2D eigenvalue weighted by Crippen LogP contribution is 2.42. The number of hydrogen-bond donors (Lipinski definition) is 0. The largest absolute Gasteiger partial charge is 0.114 e. The fraction of sp³-hybridized carbons (Fsp3) is 0.0769. The van der Waals surface area contributed by atoms with Crippen LogP contribution in [0.15, 0.2) is 60.7 Å². The molecule has 0 heterocycles. The number of rotatable bonds is 4. The first-order chi connectivity index (χ1) is 7.92. The van der Waals surface area contributed by atoms with Gasteiger partial charge >= 0.3 is 0 Å². The molecule has 2 aromatic rings. The van der Waals surface area contributed by atoms with E-state index in [1.807, 2.05) is 0 Å². The Morgan fingerprint density at radius 2 is 1.25 bits per heavy atom. The van der Waals surface area contributed by atoms with Crippen LogP contribution in [0.5, 0.6) is 0 Å². The predicted molar refractivity (Wildman–Crippen MR) is 82.0 cm³/mol. The topological polar surface area (TPSA) is 0 Å². The van der Waals surface area contributed by atoms with Crippen molar-refractivity contribution >= 4 is 35.7 Å². The van der Waals surface area contributed by atoms with Gasteiger partial charge in [0.1, 0.15) is 0 Å². The van der Waals surface area contributed by atoms with Crippen molar-refractivity contribution in [2.45, 2.75) is 0 Å². The molecular weight excluding hydrogens is 249 g/mol. The highest BCUT2D eigenvalue weighted by molar-refractivity contribution is 8.07. The van der Waals surface area contributed by atoms with Crippen LogP contribution in [0.2, 0.25) is 0 Å². The third kappa shape index (κ3) is 3.11. The van der Waals surface area contributed by atoms with Gasteiger partial charge in [0.2, 0.25) is 0 Å². The van der Waals surface area contributed by atoms with Crippen molar-refractivity contribution in [2.75, 3.05) is 5.90 Å². The van der Waals surface area contributed by atoms with E-state index < -0.39 is 0 Å². The Labute approximate surface area is 102 Å². The lowest BCUT2D eigenvalue weighted by molar-refractivity contribution is 1.75. The third-order valence-electron chi connectivity index (χ3n) is 2.39. The Balaban J connectivity index is 2.31. The second-order valence-electron chi connectivity index (χ2n) is 3.46. The van der Waals surface area contributed by atoms with E-state index in [0.717, 1.165) is 8.27 Å². The average Bonchev–Trinajstić information content (AvgIpc) is 2.38. The van der Waals surface area contributed by atoms with Crippen LogP contribution in [0.25, 0.3) is 0 Å². The zero-order chi connectivity index (χ0) is 11.2. The molecule has 3 heteroatoms. The molecule has 0 saturated carbocycles. The molecule has 2 rings (SSSR count). The zero-order valence-corrected chi connectivity index (χ0v) is 12.1. The van der Waals surface area contributed by atoms with E-state index in [4.69, 9.17) is 0 Å². The minimum absolute atomic E-state index is 0.159. The first-order valence-electron chi connectivity index (χ1n) is 5.23. The molecule has 0 fully saturated rings. The van der Waals surface area contributed by atoms with Gasteiger partial charge < -0.3 is 0 Å². The molecule has 2 unspecified atom stereocenters. The summed E-state index contributed by atoms with van der Waals surface area (Å²) in [7, 11) is 3.64. The van der Waals surface area contributed by atoms with Gasteiger partial charge in [0, 0.05) is 0 Å². The van der Waals surface area contributed by atoms with Crippen LogP contribution in [0.1, 0.15) is 0 Å². The highest BCUT2D eigenvalue weighted by Gasteiger charge is 2.11. The molecule has 0 N–H and O–H groups in total. The van der Waals surface area contributed by atoms with E-state index in [1.54, 1.807) is 0 Å².